The number of aromatic nitrogens is 3. The molecule has 0 aromatic carbocycles. The maximum atomic E-state index is 4.39. The van der Waals surface area contributed by atoms with E-state index in [0.29, 0.717) is 0 Å². The maximum absolute atomic E-state index is 4.39. The van der Waals surface area contributed by atoms with Crippen LogP contribution in [0.1, 0.15) is 0 Å². The van der Waals surface area contributed by atoms with Crippen molar-refractivity contribution in [2.45, 2.75) is 15.5 Å². The van der Waals surface area contributed by atoms with Gasteiger partial charge in [0, 0.05) is 17.3 Å². The van der Waals surface area contributed by atoms with E-state index in [2.05, 4.69) is 34.7 Å². The Morgan fingerprint density at radius 2 is 0.944 bits per heavy atom. The summed E-state index contributed by atoms with van der Waals surface area (Å²) in [5.74, 6) is 2.38. The summed E-state index contributed by atoms with van der Waals surface area (Å²) in [6.07, 6.45) is 5.50. The Hall–Kier alpha value is -0.720. The summed E-state index contributed by atoms with van der Waals surface area (Å²) >= 11 is 4.67. The molecule has 3 nitrogen and oxygen atoms in total. The molecule has 18 heavy (non-hydrogen) atoms. The van der Waals surface area contributed by atoms with Crippen molar-refractivity contribution in [3.8, 4) is 0 Å². The van der Waals surface area contributed by atoms with Crippen LogP contribution in [-0.2, 0) is 0 Å². The zero-order chi connectivity index (χ0) is 13.2. The molecule has 1 aromatic heterocycles. The normalized spacial score (nSPS) is 10.0. The fraction of sp³-hybridized carbons (Fsp3) is 0.250. The van der Waals surface area contributed by atoms with Gasteiger partial charge >= 0.3 is 0 Å². The van der Waals surface area contributed by atoms with Crippen LogP contribution in [0.2, 0.25) is 0 Å². The first-order valence-corrected chi connectivity index (χ1v) is 8.23. The van der Waals surface area contributed by atoms with Gasteiger partial charge in [0.15, 0.2) is 15.5 Å². The van der Waals surface area contributed by atoms with E-state index in [0.717, 1.165) is 32.7 Å². The van der Waals surface area contributed by atoms with Gasteiger partial charge in [-0.05, 0) is 0 Å². The molecule has 1 rings (SSSR count). The van der Waals surface area contributed by atoms with E-state index in [1.165, 1.54) is 0 Å². The smallest absolute Gasteiger partial charge is 0.192 e. The fourth-order valence-electron chi connectivity index (χ4n) is 0.914. The number of rotatable bonds is 9. The third kappa shape index (κ3) is 5.75. The summed E-state index contributed by atoms with van der Waals surface area (Å²) in [4.78, 5) is 13.2. The first-order valence-electron chi connectivity index (χ1n) is 5.27. The molecule has 0 aliphatic rings. The van der Waals surface area contributed by atoms with Gasteiger partial charge in [-0.25, -0.2) is 0 Å². The molecule has 0 saturated carbocycles. The Morgan fingerprint density at radius 1 is 0.667 bits per heavy atom. The van der Waals surface area contributed by atoms with Crippen molar-refractivity contribution < 1.29 is 0 Å². The van der Waals surface area contributed by atoms with Crippen LogP contribution < -0.4 is 0 Å². The van der Waals surface area contributed by atoms with E-state index < -0.39 is 0 Å². The van der Waals surface area contributed by atoms with Crippen molar-refractivity contribution >= 4 is 35.3 Å². The average Bonchev–Trinajstić information content (AvgIpc) is 2.40. The zero-order valence-electron chi connectivity index (χ0n) is 10.0. The Labute approximate surface area is 121 Å². The lowest BCUT2D eigenvalue weighted by Gasteiger charge is -2.04. The predicted molar refractivity (Wildman–Crippen MR) is 82.6 cm³/mol. The minimum atomic E-state index is 0.739. The molecule has 0 radical (unpaired) electrons. The molecule has 6 heteroatoms. The molecule has 0 unspecified atom stereocenters. The molecular formula is C12H15N3S3. The molecular weight excluding hydrogens is 282 g/mol. The van der Waals surface area contributed by atoms with Crippen molar-refractivity contribution in [1.29, 1.82) is 0 Å². The van der Waals surface area contributed by atoms with Gasteiger partial charge in [0.05, 0.1) is 0 Å². The number of nitrogens with zero attached hydrogens (tertiary/aromatic N) is 3. The highest BCUT2D eigenvalue weighted by Crippen LogP contribution is 2.22. The van der Waals surface area contributed by atoms with Gasteiger partial charge in [0.1, 0.15) is 0 Å². The largest absolute Gasteiger partial charge is 0.196 e. The van der Waals surface area contributed by atoms with Gasteiger partial charge in [-0.1, -0.05) is 53.5 Å². The molecule has 0 atom stereocenters. The van der Waals surface area contributed by atoms with Gasteiger partial charge in [-0.3, -0.25) is 0 Å². The monoisotopic (exact) mass is 297 g/mol. The summed E-state index contributed by atoms with van der Waals surface area (Å²) in [6.45, 7) is 11.1. The molecule has 1 heterocycles. The molecule has 0 fully saturated rings. The van der Waals surface area contributed by atoms with Crippen molar-refractivity contribution in [3.05, 3.63) is 38.0 Å². The van der Waals surface area contributed by atoms with Gasteiger partial charge in [0.25, 0.3) is 0 Å². The Balaban J connectivity index is 2.83. The predicted octanol–water partition coefficient (Wildman–Crippen LogP) is 3.71. The van der Waals surface area contributed by atoms with Gasteiger partial charge in [-0.2, -0.15) is 15.0 Å². The topological polar surface area (TPSA) is 38.7 Å². The van der Waals surface area contributed by atoms with Crippen LogP contribution >= 0.6 is 35.3 Å². The number of hydrogen-bond donors (Lipinski definition) is 0. The third-order valence-corrected chi connectivity index (χ3v) is 4.09. The van der Waals surface area contributed by atoms with Crippen LogP contribution in [0.15, 0.2) is 53.4 Å². The van der Waals surface area contributed by atoms with Gasteiger partial charge in [0.2, 0.25) is 0 Å². The molecule has 0 amide bonds. The highest BCUT2D eigenvalue weighted by Gasteiger charge is 2.07. The second kappa shape index (κ2) is 9.24. The maximum Gasteiger partial charge on any atom is 0.192 e. The highest BCUT2D eigenvalue weighted by molar-refractivity contribution is 8.00. The van der Waals surface area contributed by atoms with E-state index in [1.54, 1.807) is 35.3 Å². The lowest BCUT2D eigenvalue weighted by atomic mass is 10.8. The van der Waals surface area contributed by atoms with Crippen molar-refractivity contribution in [1.82, 2.24) is 15.0 Å². The van der Waals surface area contributed by atoms with Crippen LogP contribution in [0.5, 0.6) is 0 Å². The third-order valence-electron chi connectivity index (χ3n) is 1.56. The van der Waals surface area contributed by atoms with E-state index >= 15 is 0 Å². The summed E-state index contributed by atoms with van der Waals surface area (Å²) in [7, 11) is 0. The van der Waals surface area contributed by atoms with Crippen LogP contribution in [0.3, 0.4) is 0 Å². The van der Waals surface area contributed by atoms with Crippen LogP contribution in [-0.4, -0.2) is 32.2 Å². The molecule has 0 N–H and O–H groups in total. The van der Waals surface area contributed by atoms with E-state index in [-0.39, 0.29) is 0 Å². The van der Waals surface area contributed by atoms with E-state index in [9.17, 15) is 0 Å². The summed E-state index contributed by atoms with van der Waals surface area (Å²) < 4.78 is 0. The van der Waals surface area contributed by atoms with Crippen molar-refractivity contribution in [2.75, 3.05) is 17.3 Å². The standard InChI is InChI=1S/C12H15N3S3/c1-4-7-16-10-13-11(17-8-5-2)15-12(14-10)18-9-6-3/h4-6H,1-3,7-9H2. The second-order valence-electron chi connectivity index (χ2n) is 2.98. The summed E-state index contributed by atoms with van der Waals surface area (Å²) in [6, 6.07) is 0. The minimum Gasteiger partial charge on any atom is -0.196 e. The van der Waals surface area contributed by atoms with Crippen LogP contribution in [0.4, 0.5) is 0 Å². The minimum absolute atomic E-state index is 0.739. The SMILES string of the molecule is C=CCSc1nc(SCC=C)nc(SCC=C)n1. The molecule has 0 aliphatic heterocycles. The number of thioether (sulfide) groups is 3. The molecule has 0 spiro atoms. The Bertz CT molecular complexity index is 347. The van der Waals surface area contributed by atoms with E-state index in [4.69, 9.17) is 0 Å². The first-order chi connectivity index (χ1) is 8.80. The van der Waals surface area contributed by atoms with Crippen LogP contribution in [0.25, 0.3) is 0 Å². The Kier molecular flexibility index (Phi) is 7.88. The first kappa shape index (κ1) is 15.3. The van der Waals surface area contributed by atoms with Crippen molar-refractivity contribution in [3.63, 3.8) is 0 Å². The molecule has 0 saturated heterocycles. The molecule has 0 bridgehead atoms. The van der Waals surface area contributed by atoms with Gasteiger partial charge in [-0.15, -0.1) is 19.7 Å². The van der Waals surface area contributed by atoms with E-state index in [1.807, 2.05) is 18.2 Å². The average molecular weight is 297 g/mol. The second-order valence-corrected chi connectivity index (χ2v) is 5.94. The summed E-state index contributed by atoms with van der Waals surface area (Å²) in [5, 5.41) is 2.22. The highest BCUT2D eigenvalue weighted by atomic mass is 32.2. The number of hydrogen-bond acceptors (Lipinski definition) is 6. The molecule has 1 aromatic rings. The summed E-state index contributed by atoms with van der Waals surface area (Å²) in [5.41, 5.74) is 0. The fourth-order valence-corrected chi connectivity index (χ4v) is 2.79. The lowest BCUT2D eigenvalue weighted by molar-refractivity contribution is 0.719. The zero-order valence-corrected chi connectivity index (χ0v) is 12.5. The van der Waals surface area contributed by atoms with Crippen LogP contribution in [0, 0.1) is 0 Å². The lowest BCUT2D eigenvalue weighted by Crippen LogP contribution is -1.97. The molecule has 96 valence electrons. The van der Waals surface area contributed by atoms with Crippen molar-refractivity contribution in [2.24, 2.45) is 0 Å². The quantitative estimate of drug-likeness (QED) is 0.511. The molecule has 0 aliphatic carbocycles. The Morgan fingerprint density at radius 3 is 1.17 bits per heavy atom. The van der Waals surface area contributed by atoms with Gasteiger partial charge < -0.3 is 0 Å².